The van der Waals surface area contributed by atoms with Gasteiger partial charge >= 0.3 is 6.18 Å². The summed E-state index contributed by atoms with van der Waals surface area (Å²) in [6.07, 6.45) is -4.48. The SMILES string of the molecule is C[C@H](NC(=O)c1cccc(NS(=O)(=O)c2ccccc2)c1)c1cccc(C(F)(F)F)c1. The van der Waals surface area contributed by atoms with E-state index in [0.29, 0.717) is 5.56 Å². The van der Waals surface area contributed by atoms with E-state index in [0.717, 1.165) is 12.1 Å². The molecule has 0 heterocycles. The summed E-state index contributed by atoms with van der Waals surface area (Å²) in [7, 11) is -3.83. The molecule has 3 aromatic rings. The van der Waals surface area contributed by atoms with Gasteiger partial charge in [-0.1, -0.05) is 36.4 Å². The van der Waals surface area contributed by atoms with Crippen molar-refractivity contribution >= 4 is 21.6 Å². The Morgan fingerprint density at radius 2 is 1.58 bits per heavy atom. The van der Waals surface area contributed by atoms with Crippen molar-refractivity contribution in [2.75, 3.05) is 4.72 Å². The lowest BCUT2D eigenvalue weighted by molar-refractivity contribution is -0.137. The highest BCUT2D eigenvalue weighted by atomic mass is 32.2. The molecule has 162 valence electrons. The highest BCUT2D eigenvalue weighted by Crippen LogP contribution is 2.30. The molecule has 0 aromatic heterocycles. The Labute approximate surface area is 178 Å². The monoisotopic (exact) mass is 448 g/mol. The third kappa shape index (κ3) is 5.64. The molecule has 1 atom stereocenters. The van der Waals surface area contributed by atoms with Crippen molar-refractivity contribution < 1.29 is 26.4 Å². The van der Waals surface area contributed by atoms with Crippen LogP contribution in [0, 0.1) is 0 Å². The Balaban J connectivity index is 1.75. The van der Waals surface area contributed by atoms with E-state index in [2.05, 4.69) is 10.0 Å². The predicted molar refractivity (Wildman–Crippen MR) is 111 cm³/mol. The van der Waals surface area contributed by atoms with Crippen LogP contribution in [0.5, 0.6) is 0 Å². The fourth-order valence-corrected chi connectivity index (χ4v) is 3.96. The second-order valence-electron chi connectivity index (χ2n) is 6.82. The van der Waals surface area contributed by atoms with E-state index < -0.39 is 33.7 Å². The number of carbonyl (C=O) groups excluding carboxylic acids is 1. The summed E-state index contributed by atoms with van der Waals surface area (Å²) >= 11 is 0. The van der Waals surface area contributed by atoms with Gasteiger partial charge in [-0.3, -0.25) is 9.52 Å². The van der Waals surface area contributed by atoms with Gasteiger partial charge in [-0.05, 0) is 55.0 Å². The second-order valence-corrected chi connectivity index (χ2v) is 8.50. The first kappa shape index (κ1) is 22.4. The van der Waals surface area contributed by atoms with Gasteiger partial charge in [0, 0.05) is 11.3 Å². The highest BCUT2D eigenvalue weighted by molar-refractivity contribution is 7.92. The van der Waals surface area contributed by atoms with Gasteiger partial charge in [0.2, 0.25) is 0 Å². The Hall–Kier alpha value is -3.33. The second kappa shape index (κ2) is 8.81. The third-order valence-corrected chi connectivity index (χ3v) is 5.89. The zero-order valence-electron chi connectivity index (χ0n) is 16.3. The molecular weight excluding hydrogens is 429 g/mol. The average molecular weight is 448 g/mol. The van der Waals surface area contributed by atoms with E-state index >= 15 is 0 Å². The van der Waals surface area contributed by atoms with E-state index in [1.165, 1.54) is 48.5 Å². The van der Waals surface area contributed by atoms with Crippen molar-refractivity contribution in [1.82, 2.24) is 5.32 Å². The molecule has 9 heteroatoms. The van der Waals surface area contributed by atoms with Crippen LogP contribution in [0.1, 0.15) is 34.5 Å². The smallest absolute Gasteiger partial charge is 0.346 e. The normalized spacial score (nSPS) is 12.8. The lowest BCUT2D eigenvalue weighted by Crippen LogP contribution is -2.27. The minimum Gasteiger partial charge on any atom is -0.346 e. The number of halogens is 3. The maximum Gasteiger partial charge on any atom is 0.416 e. The van der Waals surface area contributed by atoms with Crippen molar-refractivity contribution in [2.45, 2.75) is 24.0 Å². The Kier molecular flexibility index (Phi) is 6.35. The number of benzene rings is 3. The van der Waals surface area contributed by atoms with Crippen LogP contribution in [0.4, 0.5) is 18.9 Å². The molecule has 1 amide bonds. The summed E-state index contributed by atoms with van der Waals surface area (Å²) in [6, 6.07) is 17.6. The number of carbonyl (C=O) groups is 1. The van der Waals surface area contributed by atoms with Gasteiger partial charge < -0.3 is 5.32 Å². The predicted octanol–water partition coefficient (Wildman–Crippen LogP) is 5.00. The number of hydrogen-bond donors (Lipinski definition) is 2. The first-order chi connectivity index (χ1) is 14.6. The summed E-state index contributed by atoms with van der Waals surface area (Å²) in [4.78, 5) is 12.7. The number of sulfonamides is 1. The quantitative estimate of drug-likeness (QED) is 0.558. The van der Waals surface area contributed by atoms with Crippen LogP contribution in [-0.4, -0.2) is 14.3 Å². The lowest BCUT2D eigenvalue weighted by Gasteiger charge is -2.17. The maximum absolute atomic E-state index is 12.9. The van der Waals surface area contributed by atoms with Gasteiger partial charge in [-0.15, -0.1) is 0 Å². The standard InChI is InChI=1S/C22H19F3N2O3S/c1-15(16-7-5-9-18(13-16)22(23,24)25)26-21(28)17-8-6-10-19(14-17)27-31(29,30)20-11-3-2-4-12-20/h2-15,27H,1H3,(H,26,28)/t15-/m0/s1. The van der Waals surface area contributed by atoms with E-state index in [4.69, 9.17) is 0 Å². The van der Waals surface area contributed by atoms with Gasteiger partial charge in [-0.2, -0.15) is 13.2 Å². The topological polar surface area (TPSA) is 75.3 Å². The van der Waals surface area contributed by atoms with Gasteiger partial charge in [0.05, 0.1) is 16.5 Å². The number of amides is 1. The highest BCUT2D eigenvalue weighted by Gasteiger charge is 2.30. The van der Waals surface area contributed by atoms with Gasteiger partial charge in [-0.25, -0.2) is 8.42 Å². The summed E-state index contributed by atoms with van der Waals surface area (Å²) < 4.78 is 66.1. The van der Waals surface area contributed by atoms with Crippen molar-refractivity contribution in [3.05, 3.63) is 95.6 Å². The van der Waals surface area contributed by atoms with Crippen molar-refractivity contribution in [2.24, 2.45) is 0 Å². The van der Waals surface area contributed by atoms with Crippen molar-refractivity contribution in [3.8, 4) is 0 Å². The number of alkyl halides is 3. The van der Waals surface area contributed by atoms with Crippen molar-refractivity contribution in [1.29, 1.82) is 0 Å². The van der Waals surface area contributed by atoms with Crippen LogP contribution >= 0.6 is 0 Å². The molecular formula is C22H19F3N2O3S. The zero-order valence-corrected chi connectivity index (χ0v) is 17.2. The molecule has 0 aliphatic carbocycles. The van der Waals surface area contributed by atoms with Gasteiger partial charge in [0.25, 0.3) is 15.9 Å². The number of rotatable bonds is 6. The third-order valence-electron chi connectivity index (χ3n) is 4.49. The number of hydrogen-bond acceptors (Lipinski definition) is 3. The first-order valence-electron chi connectivity index (χ1n) is 9.22. The summed E-state index contributed by atoms with van der Waals surface area (Å²) in [5.74, 6) is -0.550. The fourth-order valence-electron chi connectivity index (χ4n) is 2.89. The van der Waals surface area contributed by atoms with Crippen LogP contribution in [0.25, 0.3) is 0 Å². The summed E-state index contributed by atoms with van der Waals surface area (Å²) in [5, 5.41) is 2.63. The molecule has 0 saturated heterocycles. The number of nitrogens with one attached hydrogen (secondary N) is 2. The minimum atomic E-state index is -4.48. The van der Waals surface area contributed by atoms with E-state index in [1.54, 1.807) is 25.1 Å². The van der Waals surface area contributed by atoms with Crippen molar-refractivity contribution in [3.63, 3.8) is 0 Å². The van der Waals surface area contributed by atoms with Crippen LogP contribution in [0.15, 0.2) is 83.8 Å². The molecule has 0 radical (unpaired) electrons. The molecule has 5 nitrogen and oxygen atoms in total. The molecule has 3 aromatic carbocycles. The lowest BCUT2D eigenvalue weighted by atomic mass is 10.0. The largest absolute Gasteiger partial charge is 0.416 e. The van der Waals surface area contributed by atoms with Crippen LogP contribution in [-0.2, 0) is 16.2 Å². The molecule has 0 unspecified atom stereocenters. The Morgan fingerprint density at radius 3 is 2.26 bits per heavy atom. The van der Waals surface area contributed by atoms with Gasteiger partial charge in [0.1, 0.15) is 0 Å². The van der Waals surface area contributed by atoms with Crippen LogP contribution in [0.2, 0.25) is 0 Å². The number of anilines is 1. The summed E-state index contributed by atoms with van der Waals surface area (Å²) in [6.45, 7) is 1.56. The molecule has 0 fully saturated rings. The van der Waals surface area contributed by atoms with E-state index in [-0.39, 0.29) is 16.1 Å². The van der Waals surface area contributed by atoms with Gasteiger partial charge in [0.15, 0.2) is 0 Å². The molecule has 2 N–H and O–H groups in total. The Bertz CT molecular complexity index is 1180. The van der Waals surface area contributed by atoms with Crippen LogP contribution < -0.4 is 10.0 Å². The molecule has 0 aliphatic heterocycles. The molecule has 0 spiro atoms. The molecule has 0 bridgehead atoms. The Morgan fingerprint density at radius 1 is 0.903 bits per heavy atom. The maximum atomic E-state index is 12.9. The average Bonchev–Trinajstić information content (AvgIpc) is 2.73. The van der Waals surface area contributed by atoms with Crippen LogP contribution in [0.3, 0.4) is 0 Å². The summed E-state index contributed by atoms with van der Waals surface area (Å²) in [5.41, 5.74) is -0.164. The van der Waals surface area contributed by atoms with E-state index in [9.17, 15) is 26.4 Å². The fraction of sp³-hybridized carbons (Fsp3) is 0.136. The zero-order chi connectivity index (χ0) is 22.6. The molecule has 3 rings (SSSR count). The van der Waals surface area contributed by atoms with E-state index in [1.807, 2.05) is 0 Å². The minimum absolute atomic E-state index is 0.0722. The molecule has 0 saturated carbocycles. The molecule has 0 aliphatic rings. The molecule has 31 heavy (non-hydrogen) atoms. The first-order valence-corrected chi connectivity index (χ1v) is 10.7.